The molecule has 3 aromatic rings. The zero-order valence-electron chi connectivity index (χ0n) is 33.1. The molecule has 0 fully saturated rings. The van der Waals surface area contributed by atoms with Crippen LogP contribution in [0.15, 0.2) is 73.4 Å². The highest BCUT2D eigenvalue weighted by atomic mass is 35.5. The first-order valence-corrected chi connectivity index (χ1v) is 18.1. The minimum Gasteiger partial charge on any atom is -1.00 e. The number of fused-ring (bicyclic) bond motifs is 8. The molecule has 0 aliphatic carbocycles. The maximum atomic E-state index is 5.52. The van der Waals surface area contributed by atoms with E-state index in [0.717, 1.165) is 93.8 Å². The van der Waals surface area contributed by atoms with Crippen molar-refractivity contribution >= 4 is 69.1 Å². The van der Waals surface area contributed by atoms with Crippen molar-refractivity contribution in [3.05, 3.63) is 96.1 Å². The smallest absolute Gasteiger partial charge is 0.208 e. The number of likely N-dealkylation sites (N-methyl/N-ethyl adjacent to an activating group) is 4. The Hall–Kier alpha value is -3.60. The molecule has 16 heteroatoms. The van der Waals surface area contributed by atoms with E-state index in [1.165, 1.54) is 0 Å². The molecule has 12 nitrogen and oxygen atoms in total. The highest BCUT2D eigenvalue weighted by molar-refractivity contribution is 5.96. The highest BCUT2D eigenvalue weighted by Gasteiger charge is 2.43. The number of aromatic amines is 2. The molecule has 3 aromatic heterocycles. The normalized spacial score (nSPS) is 28.1. The topological polar surface area (TPSA) is 70.3 Å². The summed E-state index contributed by atoms with van der Waals surface area (Å²) in [5.74, 6) is 0. The SMILES string of the molecule is CN1CC=C[N+]1(C)c1c2nc(c([N+]3(C)C=CCN3C)c3ccc([nH]3)c([N+]3(C)C=CCN3C)c3ccc([nH]3)c([N+]3(C)C=CCN3C)c3nc1C=C3)C=C2.[Cl-].[Cl-].[Cl-].[Cl-]. The Bertz CT molecular complexity index is 2270. The lowest BCUT2D eigenvalue weighted by molar-refractivity contribution is -0.00100. The Morgan fingerprint density at radius 2 is 0.661 bits per heavy atom. The van der Waals surface area contributed by atoms with E-state index in [9.17, 15) is 0 Å². The number of rotatable bonds is 4. The Kier molecular flexibility index (Phi) is 11.9. The Morgan fingerprint density at radius 3 is 0.946 bits per heavy atom. The second-order valence-corrected chi connectivity index (χ2v) is 15.4. The van der Waals surface area contributed by atoms with Gasteiger partial charge in [-0.3, -0.25) is 0 Å². The van der Waals surface area contributed by atoms with Gasteiger partial charge < -0.3 is 59.6 Å². The number of hydrogen-bond donors (Lipinski definition) is 2. The minimum atomic E-state index is 0. The second-order valence-electron chi connectivity index (χ2n) is 15.4. The fourth-order valence-electron chi connectivity index (χ4n) is 8.78. The van der Waals surface area contributed by atoms with Crippen molar-refractivity contribution in [2.24, 2.45) is 0 Å². The molecule has 9 rings (SSSR count). The third-order valence-electron chi connectivity index (χ3n) is 12.4. The van der Waals surface area contributed by atoms with Crippen LogP contribution in [0.4, 0.5) is 22.7 Å². The van der Waals surface area contributed by atoms with E-state index >= 15 is 0 Å². The minimum absolute atomic E-state index is 0. The van der Waals surface area contributed by atoms with Crippen LogP contribution < -0.4 is 68.0 Å². The van der Waals surface area contributed by atoms with Crippen LogP contribution in [0.2, 0.25) is 0 Å². The Balaban J connectivity index is 0.00000150. The Labute approximate surface area is 354 Å². The van der Waals surface area contributed by atoms with Crippen molar-refractivity contribution in [2.75, 3.05) is 82.6 Å². The van der Waals surface area contributed by atoms with Crippen LogP contribution >= 0.6 is 0 Å². The van der Waals surface area contributed by atoms with E-state index in [1.54, 1.807) is 0 Å². The lowest BCUT2D eigenvalue weighted by Gasteiger charge is -2.34. The summed E-state index contributed by atoms with van der Waals surface area (Å²) in [6, 6.07) is 8.92. The van der Waals surface area contributed by atoms with Gasteiger partial charge in [-0.2, -0.15) is 18.4 Å². The largest absolute Gasteiger partial charge is 1.00 e. The zero-order valence-corrected chi connectivity index (χ0v) is 36.1. The van der Waals surface area contributed by atoms with Crippen molar-refractivity contribution in [3.63, 3.8) is 0 Å². The number of nitrogens with zero attached hydrogens (tertiary/aromatic N) is 10. The molecule has 0 saturated carbocycles. The van der Waals surface area contributed by atoms with E-state index in [4.69, 9.17) is 9.97 Å². The highest BCUT2D eigenvalue weighted by Crippen LogP contribution is 2.44. The summed E-state index contributed by atoms with van der Waals surface area (Å²) in [4.78, 5) is 18.9. The van der Waals surface area contributed by atoms with Crippen molar-refractivity contribution in [3.8, 4) is 0 Å². The van der Waals surface area contributed by atoms with Gasteiger partial charge >= 0.3 is 0 Å². The van der Waals surface area contributed by atoms with Gasteiger partial charge in [-0.05, 0) is 72.9 Å². The van der Waals surface area contributed by atoms with Crippen LogP contribution in [0, 0.1) is 0 Å². The number of quaternary nitrogens is 4. The van der Waals surface area contributed by atoms with Gasteiger partial charge in [0, 0.05) is 28.2 Å². The molecule has 8 bridgehead atoms. The average molecular weight is 841 g/mol. The van der Waals surface area contributed by atoms with Gasteiger partial charge in [0.05, 0.1) is 54.4 Å². The average Bonchev–Trinajstić information content (AvgIpc) is 3.96. The van der Waals surface area contributed by atoms with Gasteiger partial charge in [0.25, 0.3) is 0 Å². The predicted octanol–water partition coefficient (Wildman–Crippen LogP) is -6.08. The lowest BCUT2D eigenvalue weighted by Crippen LogP contribution is -3.00. The quantitative estimate of drug-likeness (QED) is 0.176. The van der Waals surface area contributed by atoms with E-state index in [2.05, 4.69) is 184 Å². The predicted molar refractivity (Wildman–Crippen MR) is 217 cm³/mol. The first kappa shape index (κ1) is 43.5. The van der Waals surface area contributed by atoms with Crippen LogP contribution in [-0.4, -0.2) is 123 Å². The van der Waals surface area contributed by atoms with Crippen LogP contribution in [0.1, 0.15) is 22.8 Å². The zero-order chi connectivity index (χ0) is 36.2. The molecular formula is C40H50Cl4N12. The molecule has 0 saturated heterocycles. The summed E-state index contributed by atoms with van der Waals surface area (Å²) in [5.41, 5.74) is 12.1. The third kappa shape index (κ3) is 6.24. The van der Waals surface area contributed by atoms with E-state index in [-0.39, 0.29) is 49.6 Å². The number of hydrogen-bond acceptors (Lipinski definition) is 6. The van der Waals surface area contributed by atoms with Gasteiger partial charge in [0.2, 0.25) is 22.7 Å². The molecule has 0 aromatic carbocycles. The van der Waals surface area contributed by atoms with Crippen molar-refractivity contribution < 1.29 is 49.6 Å². The van der Waals surface area contributed by atoms with E-state index in [1.807, 2.05) is 0 Å². The molecule has 298 valence electrons. The molecule has 6 aliphatic rings. The van der Waals surface area contributed by atoms with Gasteiger partial charge in [-0.25, -0.2) is 9.97 Å². The van der Waals surface area contributed by atoms with Crippen molar-refractivity contribution in [2.45, 2.75) is 0 Å². The molecule has 6 aliphatic heterocycles. The van der Waals surface area contributed by atoms with Crippen LogP contribution in [0.5, 0.6) is 0 Å². The number of nitrogens with one attached hydrogen (secondary N) is 2. The summed E-state index contributed by atoms with van der Waals surface area (Å²) < 4.78 is 1.95. The molecular weight excluding hydrogens is 790 g/mol. The van der Waals surface area contributed by atoms with Gasteiger partial charge in [-0.1, -0.05) is 0 Å². The number of halogens is 4. The summed E-state index contributed by atoms with van der Waals surface area (Å²) in [6.07, 6.45) is 26.7. The number of H-pyrrole nitrogens is 2. The van der Waals surface area contributed by atoms with E-state index in [0.29, 0.717) is 18.4 Å². The Morgan fingerprint density at radius 1 is 0.411 bits per heavy atom. The van der Waals surface area contributed by atoms with Crippen LogP contribution in [0.25, 0.3) is 46.4 Å². The first-order chi connectivity index (χ1) is 24.9. The summed E-state index contributed by atoms with van der Waals surface area (Å²) in [5, 5.41) is 9.34. The third-order valence-corrected chi connectivity index (χ3v) is 12.4. The summed E-state index contributed by atoms with van der Waals surface area (Å²) in [7, 11) is 17.6. The summed E-state index contributed by atoms with van der Waals surface area (Å²) in [6.45, 7) is 3.38. The fourth-order valence-corrected chi connectivity index (χ4v) is 8.78. The van der Waals surface area contributed by atoms with Crippen LogP contribution in [0.3, 0.4) is 0 Å². The standard InChI is InChI=1S/C40H50N12.4ClH/c1-45-21-9-25-49(45,5)37-29-13-15-31(41-29)38(50(6)26-10-22-46(50)2)33-17-19-35(43-33)40(52(8)28-12-24-48(52)4)36-20-18-34(44-36)39(32-16-14-30(37)42-32)51(7)27-11-23-47(51)3;;;;/h9-20,25-28,41-42H,21-24H2,1-8H3;4*1H/q+4;;;;/p-4. The van der Waals surface area contributed by atoms with E-state index < -0.39 is 0 Å². The molecule has 0 amide bonds. The first-order valence-electron chi connectivity index (χ1n) is 18.1. The maximum Gasteiger partial charge on any atom is 0.208 e. The van der Waals surface area contributed by atoms with Gasteiger partial charge in [0.1, 0.15) is 69.6 Å². The van der Waals surface area contributed by atoms with Crippen LogP contribution in [-0.2, 0) is 0 Å². The summed E-state index contributed by atoms with van der Waals surface area (Å²) >= 11 is 0. The molecule has 4 unspecified atom stereocenters. The fraction of sp³-hybridized carbons (Fsp3) is 0.300. The van der Waals surface area contributed by atoms with Gasteiger partial charge in [0.15, 0.2) is 0 Å². The van der Waals surface area contributed by atoms with Gasteiger partial charge in [-0.15, -0.1) is 20.0 Å². The molecule has 56 heavy (non-hydrogen) atoms. The second kappa shape index (κ2) is 15.3. The maximum absolute atomic E-state index is 5.52. The molecule has 9 heterocycles. The molecule has 0 radical (unpaired) electrons. The molecule has 0 spiro atoms. The molecule has 2 N–H and O–H groups in total. The number of aromatic nitrogens is 4. The lowest BCUT2D eigenvalue weighted by atomic mass is 10.2. The van der Waals surface area contributed by atoms with Crippen molar-refractivity contribution in [1.82, 2.24) is 58.3 Å². The monoisotopic (exact) mass is 838 g/mol. The molecule has 4 atom stereocenters. The van der Waals surface area contributed by atoms with Crippen molar-refractivity contribution in [1.29, 1.82) is 0 Å².